The third-order valence-electron chi connectivity index (χ3n) is 2.45. The van der Waals surface area contributed by atoms with Crippen molar-refractivity contribution >= 4 is 18.2 Å². The van der Waals surface area contributed by atoms with Gasteiger partial charge in [0.25, 0.3) is 0 Å². The maximum atomic E-state index is 11.5. The number of methoxy groups -OCH3 is 1. The predicted molar refractivity (Wildman–Crippen MR) is 66.5 cm³/mol. The van der Waals surface area contributed by atoms with Gasteiger partial charge >= 0.3 is 5.97 Å². The summed E-state index contributed by atoms with van der Waals surface area (Å²) >= 11 is 5.14. The number of aromatic amines is 1. The second kappa shape index (κ2) is 4.97. The summed E-state index contributed by atoms with van der Waals surface area (Å²) in [7, 11) is 1.35. The van der Waals surface area contributed by atoms with Crippen LogP contribution in [0.3, 0.4) is 0 Å². The highest BCUT2D eigenvalue weighted by molar-refractivity contribution is 7.71. The molecule has 2 rings (SSSR count). The Balaban J connectivity index is 2.36. The highest BCUT2D eigenvalue weighted by atomic mass is 32.1. The minimum absolute atomic E-state index is 0.395. The van der Waals surface area contributed by atoms with Gasteiger partial charge in [-0.3, -0.25) is 0 Å². The van der Waals surface area contributed by atoms with Crippen molar-refractivity contribution in [3.05, 3.63) is 52.6 Å². The fourth-order valence-corrected chi connectivity index (χ4v) is 1.81. The molecule has 0 unspecified atom stereocenters. The van der Waals surface area contributed by atoms with E-state index in [-0.39, 0.29) is 0 Å². The summed E-state index contributed by atoms with van der Waals surface area (Å²) < 4.78 is 6.93. The SMILES string of the molecule is COC(=O)c1c[15nH]c(=S)n1Cc1ccccc1. The monoisotopic (exact) mass is 249 g/mol. The van der Waals surface area contributed by atoms with Crippen molar-refractivity contribution in [2.45, 2.75) is 6.54 Å². The molecule has 0 amide bonds. The van der Waals surface area contributed by atoms with Gasteiger partial charge in [0, 0.05) is 6.20 Å². The van der Waals surface area contributed by atoms with Crippen molar-refractivity contribution in [3.63, 3.8) is 0 Å². The van der Waals surface area contributed by atoms with E-state index in [0.29, 0.717) is 17.0 Å². The molecule has 88 valence electrons. The topological polar surface area (TPSA) is 47.0 Å². The average molecular weight is 249 g/mol. The zero-order valence-corrected chi connectivity index (χ0v) is 10.2. The number of imidazole rings is 1. The Hall–Kier alpha value is -1.88. The van der Waals surface area contributed by atoms with Crippen LogP contribution in [-0.4, -0.2) is 22.6 Å². The van der Waals surface area contributed by atoms with E-state index in [9.17, 15) is 4.79 Å². The molecule has 0 aliphatic heterocycles. The first-order valence-corrected chi connectivity index (χ1v) is 5.53. The van der Waals surface area contributed by atoms with Gasteiger partial charge in [-0.25, -0.2) is 4.79 Å². The summed E-state index contributed by atoms with van der Waals surface area (Å²) in [5, 5.41) is 0. The Morgan fingerprint density at radius 3 is 2.76 bits per heavy atom. The Morgan fingerprint density at radius 1 is 1.41 bits per heavy atom. The van der Waals surface area contributed by atoms with Crippen LogP contribution in [0.15, 0.2) is 36.5 Å². The number of nitrogens with one attached hydrogen (secondary N) is 1. The van der Waals surface area contributed by atoms with Gasteiger partial charge in [-0.15, -0.1) is 0 Å². The number of hydrogen-bond acceptors (Lipinski definition) is 3. The number of nitrogens with zero attached hydrogens (tertiary/aromatic N) is 1. The second-order valence-corrected chi connectivity index (χ2v) is 3.93. The lowest BCUT2D eigenvalue weighted by Gasteiger charge is -2.06. The fourth-order valence-electron chi connectivity index (χ4n) is 1.59. The molecule has 0 fully saturated rings. The number of carbonyl (C=O) groups is 1. The van der Waals surface area contributed by atoms with Crippen molar-refractivity contribution in [2.75, 3.05) is 7.11 Å². The first-order chi connectivity index (χ1) is 8.22. The van der Waals surface area contributed by atoms with E-state index in [0.717, 1.165) is 5.56 Å². The Labute approximate surface area is 104 Å². The lowest BCUT2D eigenvalue weighted by molar-refractivity contribution is 0.0589. The zero-order chi connectivity index (χ0) is 12.3. The van der Waals surface area contributed by atoms with E-state index in [4.69, 9.17) is 17.0 Å². The summed E-state index contributed by atoms with van der Waals surface area (Å²) in [4.78, 5) is 14.4. The first kappa shape index (κ1) is 11.6. The van der Waals surface area contributed by atoms with E-state index in [1.54, 1.807) is 10.8 Å². The van der Waals surface area contributed by atoms with Gasteiger partial charge in [-0.05, 0) is 17.8 Å². The number of benzene rings is 1. The van der Waals surface area contributed by atoms with E-state index in [1.165, 1.54) is 7.11 Å². The van der Waals surface area contributed by atoms with E-state index in [2.05, 4.69) is 4.98 Å². The molecule has 0 saturated carbocycles. The molecule has 0 atom stereocenters. The number of carbonyl (C=O) groups excluding carboxylic acids is 1. The van der Waals surface area contributed by atoms with Crippen LogP contribution in [0, 0.1) is 4.77 Å². The molecule has 0 spiro atoms. The quantitative estimate of drug-likeness (QED) is 0.671. The standard InChI is InChI=1S/C12H12N2O2S/c1-16-11(15)10-7-13-12(17)14(10)8-9-5-3-2-4-6-9/h2-7H,8H2,1H3,(H,13,17)/i13+1. The highest BCUT2D eigenvalue weighted by Crippen LogP contribution is 2.08. The molecule has 1 N–H and O–H groups in total. The van der Waals surface area contributed by atoms with Crippen LogP contribution < -0.4 is 0 Å². The van der Waals surface area contributed by atoms with Crippen LogP contribution in [0.2, 0.25) is 0 Å². The summed E-state index contributed by atoms with van der Waals surface area (Å²) in [5.74, 6) is -0.395. The molecule has 2 aromatic rings. The molecule has 1 aromatic carbocycles. The molecule has 4 nitrogen and oxygen atoms in total. The minimum Gasteiger partial charge on any atom is -0.464 e. The Bertz CT molecular complexity index is 572. The zero-order valence-electron chi connectivity index (χ0n) is 9.34. The molecular formula is C12H12N2O2S. The van der Waals surface area contributed by atoms with Crippen LogP contribution in [0.4, 0.5) is 0 Å². The fraction of sp³-hybridized carbons (Fsp3) is 0.167. The summed E-state index contributed by atoms with van der Waals surface area (Å²) in [6.07, 6.45) is 1.57. The minimum atomic E-state index is -0.395. The van der Waals surface area contributed by atoms with Gasteiger partial charge in [-0.1, -0.05) is 30.3 Å². The normalized spacial score (nSPS) is 10.2. The predicted octanol–water partition coefficient (Wildman–Crippen LogP) is 2.38. The molecular weight excluding hydrogens is 237 g/mol. The van der Waals surface area contributed by atoms with Crippen LogP contribution >= 0.6 is 12.2 Å². The van der Waals surface area contributed by atoms with Crippen LogP contribution in [0.5, 0.6) is 0 Å². The van der Waals surface area contributed by atoms with Gasteiger partial charge in [-0.2, -0.15) is 0 Å². The molecule has 0 bridgehead atoms. The average Bonchev–Trinajstić information content (AvgIpc) is 2.72. The number of hydrogen-bond donors (Lipinski definition) is 1. The van der Waals surface area contributed by atoms with Crippen molar-refractivity contribution < 1.29 is 9.53 Å². The van der Waals surface area contributed by atoms with Gasteiger partial charge in [0.05, 0.1) is 13.7 Å². The summed E-state index contributed by atoms with van der Waals surface area (Å²) in [5.41, 5.74) is 1.51. The third-order valence-corrected chi connectivity index (χ3v) is 2.78. The second-order valence-electron chi connectivity index (χ2n) is 3.54. The van der Waals surface area contributed by atoms with E-state index < -0.39 is 5.97 Å². The van der Waals surface area contributed by atoms with Gasteiger partial charge in [0.15, 0.2) is 4.77 Å². The number of rotatable bonds is 3. The van der Waals surface area contributed by atoms with Crippen molar-refractivity contribution in [1.82, 2.24) is 9.55 Å². The van der Waals surface area contributed by atoms with Crippen LogP contribution in [-0.2, 0) is 11.3 Å². The summed E-state index contributed by atoms with van der Waals surface area (Å²) in [6.45, 7) is 0.549. The lowest BCUT2D eigenvalue weighted by Crippen LogP contribution is -2.11. The Kier molecular flexibility index (Phi) is 3.39. The molecule has 1 heterocycles. The molecule has 0 saturated heterocycles. The first-order valence-electron chi connectivity index (χ1n) is 5.13. The molecule has 17 heavy (non-hydrogen) atoms. The largest absolute Gasteiger partial charge is 0.464 e. The highest BCUT2D eigenvalue weighted by Gasteiger charge is 2.12. The molecule has 5 heteroatoms. The lowest BCUT2D eigenvalue weighted by atomic mass is 10.2. The number of ether oxygens (including phenoxy) is 1. The third kappa shape index (κ3) is 2.45. The van der Waals surface area contributed by atoms with Crippen molar-refractivity contribution in [1.29, 1.82) is 0 Å². The number of esters is 1. The number of H-pyrrole nitrogens is 1. The molecule has 0 aliphatic carbocycles. The van der Waals surface area contributed by atoms with Crippen molar-refractivity contribution in [3.8, 4) is 0 Å². The van der Waals surface area contributed by atoms with E-state index in [1.807, 2.05) is 30.3 Å². The maximum Gasteiger partial charge on any atom is 0.356 e. The molecule has 0 radical (unpaired) electrons. The van der Waals surface area contributed by atoms with E-state index >= 15 is 0 Å². The maximum absolute atomic E-state index is 11.5. The smallest absolute Gasteiger partial charge is 0.356 e. The molecule has 0 aliphatic rings. The molecule has 1 aromatic heterocycles. The van der Waals surface area contributed by atoms with Gasteiger partial charge in [0.1, 0.15) is 5.69 Å². The van der Waals surface area contributed by atoms with Crippen LogP contribution in [0.25, 0.3) is 0 Å². The van der Waals surface area contributed by atoms with Crippen LogP contribution in [0.1, 0.15) is 16.1 Å². The van der Waals surface area contributed by atoms with Gasteiger partial charge in [0.2, 0.25) is 0 Å². The van der Waals surface area contributed by atoms with Crippen molar-refractivity contribution in [2.24, 2.45) is 0 Å². The number of aromatic nitrogens is 2. The van der Waals surface area contributed by atoms with Gasteiger partial charge < -0.3 is 14.3 Å². The summed E-state index contributed by atoms with van der Waals surface area (Å²) in [6, 6.07) is 9.81. The Morgan fingerprint density at radius 2 is 2.12 bits per heavy atom.